The van der Waals surface area contributed by atoms with Gasteiger partial charge in [0, 0.05) is 12.2 Å². The quantitative estimate of drug-likeness (QED) is 0.824. The number of nitrogens with one attached hydrogen (secondary N) is 1. The first-order valence-electron chi connectivity index (χ1n) is 4.26. The molecular weight excluding hydrogens is 265 g/mol. The molecule has 0 spiro atoms. The summed E-state index contributed by atoms with van der Waals surface area (Å²) < 4.78 is 3.23. The molecule has 0 radical (unpaired) electrons. The molecular formula is C8H12IN3. The highest BCUT2D eigenvalue weighted by Gasteiger charge is 2.14. The fourth-order valence-electron chi connectivity index (χ4n) is 1.58. The van der Waals surface area contributed by atoms with Crippen molar-refractivity contribution in [1.82, 2.24) is 15.1 Å². The van der Waals surface area contributed by atoms with E-state index in [1.807, 2.05) is 10.9 Å². The van der Waals surface area contributed by atoms with Crippen molar-refractivity contribution in [1.29, 1.82) is 0 Å². The summed E-state index contributed by atoms with van der Waals surface area (Å²) in [5.41, 5.74) is 0. The van der Waals surface area contributed by atoms with Crippen molar-refractivity contribution < 1.29 is 0 Å². The van der Waals surface area contributed by atoms with Gasteiger partial charge in [-0.05, 0) is 42.0 Å². The van der Waals surface area contributed by atoms with Crippen LogP contribution in [-0.2, 0) is 6.54 Å². The molecule has 1 aliphatic rings. The normalized spacial score (nSPS) is 23.2. The summed E-state index contributed by atoms with van der Waals surface area (Å²) in [5.74, 6) is 0. The van der Waals surface area contributed by atoms with E-state index < -0.39 is 0 Å². The van der Waals surface area contributed by atoms with Crippen molar-refractivity contribution in [3.05, 3.63) is 16.0 Å². The fourth-order valence-corrected chi connectivity index (χ4v) is 2.02. The Kier molecular flexibility index (Phi) is 2.65. The van der Waals surface area contributed by atoms with Gasteiger partial charge in [0.25, 0.3) is 0 Å². The SMILES string of the molecule is Ic1cnn(C[C@H]2CCCN2)c1. The maximum Gasteiger partial charge on any atom is 0.0623 e. The molecule has 0 aromatic carbocycles. The molecule has 2 rings (SSSR count). The smallest absolute Gasteiger partial charge is 0.0623 e. The monoisotopic (exact) mass is 277 g/mol. The molecule has 0 bridgehead atoms. The molecule has 0 unspecified atom stereocenters. The van der Waals surface area contributed by atoms with E-state index in [4.69, 9.17) is 0 Å². The minimum absolute atomic E-state index is 0.640. The molecule has 12 heavy (non-hydrogen) atoms. The van der Waals surface area contributed by atoms with Crippen LogP contribution in [0.15, 0.2) is 12.4 Å². The van der Waals surface area contributed by atoms with Crippen molar-refractivity contribution in [3.8, 4) is 0 Å². The van der Waals surface area contributed by atoms with Crippen molar-refractivity contribution in [2.45, 2.75) is 25.4 Å². The van der Waals surface area contributed by atoms with Crippen LogP contribution in [0.3, 0.4) is 0 Å². The Morgan fingerprint density at radius 1 is 1.75 bits per heavy atom. The average molecular weight is 277 g/mol. The van der Waals surface area contributed by atoms with Crippen LogP contribution < -0.4 is 5.32 Å². The lowest BCUT2D eigenvalue weighted by Crippen LogP contribution is -2.26. The van der Waals surface area contributed by atoms with Gasteiger partial charge < -0.3 is 5.32 Å². The largest absolute Gasteiger partial charge is 0.312 e. The zero-order valence-electron chi connectivity index (χ0n) is 6.83. The number of aromatic nitrogens is 2. The molecule has 0 saturated carbocycles. The second kappa shape index (κ2) is 3.74. The van der Waals surface area contributed by atoms with Gasteiger partial charge in [0.2, 0.25) is 0 Å². The van der Waals surface area contributed by atoms with Gasteiger partial charge in [0.05, 0.1) is 16.3 Å². The highest BCUT2D eigenvalue weighted by Crippen LogP contribution is 2.08. The molecule has 1 aliphatic heterocycles. The van der Waals surface area contributed by atoms with Crippen molar-refractivity contribution >= 4 is 22.6 Å². The molecule has 1 aromatic rings. The van der Waals surface area contributed by atoms with Crippen LogP contribution in [0.1, 0.15) is 12.8 Å². The number of hydrogen-bond acceptors (Lipinski definition) is 2. The lowest BCUT2D eigenvalue weighted by molar-refractivity contribution is 0.476. The van der Waals surface area contributed by atoms with Crippen LogP contribution in [0.4, 0.5) is 0 Å². The van der Waals surface area contributed by atoms with Gasteiger partial charge in [-0.25, -0.2) is 0 Å². The molecule has 66 valence electrons. The van der Waals surface area contributed by atoms with Crippen LogP contribution >= 0.6 is 22.6 Å². The van der Waals surface area contributed by atoms with Gasteiger partial charge >= 0.3 is 0 Å². The molecule has 1 fully saturated rings. The number of halogens is 1. The van der Waals surface area contributed by atoms with Crippen LogP contribution in [0.2, 0.25) is 0 Å². The Morgan fingerprint density at radius 2 is 2.67 bits per heavy atom. The van der Waals surface area contributed by atoms with Gasteiger partial charge in [0.1, 0.15) is 0 Å². The molecule has 2 heterocycles. The third-order valence-corrected chi connectivity index (χ3v) is 2.73. The molecule has 3 nitrogen and oxygen atoms in total. The number of nitrogens with zero attached hydrogens (tertiary/aromatic N) is 2. The third kappa shape index (κ3) is 1.98. The summed E-state index contributed by atoms with van der Waals surface area (Å²) in [6, 6.07) is 0.640. The number of hydrogen-bond donors (Lipinski definition) is 1. The molecule has 1 saturated heterocycles. The molecule has 0 aliphatic carbocycles. The highest BCUT2D eigenvalue weighted by atomic mass is 127. The highest BCUT2D eigenvalue weighted by molar-refractivity contribution is 14.1. The van der Waals surface area contributed by atoms with E-state index in [1.165, 1.54) is 23.0 Å². The standard InChI is InChI=1S/C8H12IN3/c9-7-4-11-12(5-7)6-8-2-1-3-10-8/h4-5,8,10H,1-3,6H2/t8-/m1/s1. The maximum absolute atomic E-state index is 4.25. The first-order valence-corrected chi connectivity index (χ1v) is 5.34. The molecule has 1 N–H and O–H groups in total. The van der Waals surface area contributed by atoms with Crippen molar-refractivity contribution in [2.24, 2.45) is 0 Å². The van der Waals surface area contributed by atoms with Gasteiger partial charge in [-0.3, -0.25) is 4.68 Å². The van der Waals surface area contributed by atoms with E-state index in [0.29, 0.717) is 6.04 Å². The fraction of sp³-hybridized carbons (Fsp3) is 0.625. The molecule has 1 aromatic heterocycles. The summed E-state index contributed by atoms with van der Waals surface area (Å²) in [6.07, 6.45) is 6.58. The molecule has 1 atom stereocenters. The molecule has 4 heteroatoms. The summed E-state index contributed by atoms with van der Waals surface area (Å²) in [7, 11) is 0. The second-order valence-corrected chi connectivity index (χ2v) is 4.42. The Hall–Kier alpha value is -0.100. The van der Waals surface area contributed by atoms with Gasteiger partial charge in [-0.1, -0.05) is 0 Å². The minimum atomic E-state index is 0.640. The van der Waals surface area contributed by atoms with Gasteiger partial charge in [0.15, 0.2) is 0 Å². The number of rotatable bonds is 2. The summed E-state index contributed by atoms with van der Waals surface area (Å²) in [4.78, 5) is 0. The maximum atomic E-state index is 4.25. The van der Waals surface area contributed by atoms with E-state index in [9.17, 15) is 0 Å². The van der Waals surface area contributed by atoms with Crippen LogP contribution in [0.25, 0.3) is 0 Å². The van der Waals surface area contributed by atoms with Crippen molar-refractivity contribution in [2.75, 3.05) is 6.54 Å². The average Bonchev–Trinajstić information content (AvgIpc) is 2.63. The Morgan fingerprint density at radius 3 is 3.25 bits per heavy atom. The van der Waals surface area contributed by atoms with E-state index >= 15 is 0 Å². The Bertz CT molecular complexity index is 253. The first-order chi connectivity index (χ1) is 5.84. The van der Waals surface area contributed by atoms with E-state index in [2.05, 4.69) is 39.2 Å². The third-order valence-electron chi connectivity index (χ3n) is 2.17. The predicted octanol–water partition coefficient (Wildman–Crippen LogP) is 1.24. The van der Waals surface area contributed by atoms with Crippen LogP contribution in [0, 0.1) is 3.57 Å². The van der Waals surface area contributed by atoms with Gasteiger partial charge in [-0.2, -0.15) is 5.10 Å². The van der Waals surface area contributed by atoms with E-state index in [0.717, 1.165) is 6.54 Å². The first kappa shape index (κ1) is 8.50. The topological polar surface area (TPSA) is 29.9 Å². The molecule has 0 amide bonds. The van der Waals surface area contributed by atoms with Crippen LogP contribution in [0.5, 0.6) is 0 Å². The van der Waals surface area contributed by atoms with E-state index in [1.54, 1.807) is 0 Å². The predicted molar refractivity (Wildman–Crippen MR) is 56.0 cm³/mol. The zero-order valence-corrected chi connectivity index (χ0v) is 8.99. The Balaban J connectivity index is 1.94. The van der Waals surface area contributed by atoms with Crippen molar-refractivity contribution in [3.63, 3.8) is 0 Å². The lowest BCUT2D eigenvalue weighted by Gasteiger charge is -2.08. The summed E-state index contributed by atoms with van der Waals surface area (Å²) >= 11 is 2.28. The van der Waals surface area contributed by atoms with Crippen LogP contribution in [-0.4, -0.2) is 22.4 Å². The lowest BCUT2D eigenvalue weighted by atomic mass is 10.2. The minimum Gasteiger partial charge on any atom is -0.312 e. The second-order valence-electron chi connectivity index (χ2n) is 3.17. The summed E-state index contributed by atoms with van der Waals surface area (Å²) in [6.45, 7) is 2.19. The Labute approximate surface area is 85.7 Å². The zero-order chi connectivity index (χ0) is 8.39. The summed E-state index contributed by atoms with van der Waals surface area (Å²) in [5, 5.41) is 7.70. The van der Waals surface area contributed by atoms with E-state index in [-0.39, 0.29) is 0 Å². The van der Waals surface area contributed by atoms with Gasteiger partial charge in [-0.15, -0.1) is 0 Å².